The molecule has 0 unspecified atom stereocenters. The van der Waals surface area contributed by atoms with Crippen LogP contribution in [0.3, 0.4) is 0 Å². The van der Waals surface area contributed by atoms with Gasteiger partial charge in [0, 0.05) is 5.69 Å². The second-order valence-electron chi connectivity index (χ2n) is 6.72. The second-order valence-corrected chi connectivity index (χ2v) is 9.16. The van der Waals surface area contributed by atoms with Gasteiger partial charge in [0.2, 0.25) is 0 Å². The first-order valence-corrected chi connectivity index (χ1v) is 10.8. The highest BCUT2D eigenvalue weighted by Crippen LogP contribution is 2.23. The average Bonchev–Trinajstić information content (AvgIpc) is 2.81. The van der Waals surface area contributed by atoms with Crippen molar-refractivity contribution >= 4 is 31.6 Å². The number of nitrogens with zero attached hydrogens (tertiary/aromatic N) is 2. The summed E-state index contributed by atoms with van der Waals surface area (Å²) in [6, 6.07) is 12.7. The van der Waals surface area contributed by atoms with E-state index in [4.69, 9.17) is 0 Å². The van der Waals surface area contributed by atoms with E-state index in [1.165, 1.54) is 0 Å². The van der Waals surface area contributed by atoms with Gasteiger partial charge in [-0.2, -0.15) is 5.10 Å². The molecule has 0 spiro atoms. The lowest BCUT2D eigenvalue weighted by atomic mass is 10.2. The predicted molar refractivity (Wildman–Crippen MR) is 112 cm³/mol. The van der Waals surface area contributed by atoms with Crippen LogP contribution in [0.4, 0.5) is 5.69 Å². The SMILES string of the molecule is Cc1ccc(S(=O)(=O)Nc2cccc(Cn3nc(C)c(Br)c3C)c2)c(C)c1. The van der Waals surface area contributed by atoms with E-state index in [1.54, 1.807) is 25.1 Å². The Morgan fingerprint density at radius 3 is 2.44 bits per heavy atom. The largest absolute Gasteiger partial charge is 0.280 e. The summed E-state index contributed by atoms with van der Waals surface area (Å²) >= 11 is 3.53. The molecule has 0 aliphatic carbocycles. The van der Waals surface area contributed by atoms with Gasteiger partial charge in [-0.1, -0.05) is 29.8 Å². The number of sulfonamides is 1. The summed E-state index contributed by atoms with van der Waals surface area (Å²) in [5, 5.41) is 4.51. The minimum atomic E-state index is -3.64. The van der Waals surface area contributed by atoms with Gasteiger partial charge < -0.3 is 0 Å². The van der Waals surface area contributed by atoms with Gasteiger partial charge in [0.15, 0.2) is 0 Å². The van der Waals surface area contributed by atoms with E-state index in [2.05, 4.69) is 25.8 Å². The molecule has 142 valence electrons. The number of aryl methyl sites for hydroxylation is 3. The van der Waals surface area contributed by atoms with Crippen LogP contribution in [0.1, 0.15) is 28.1 Å². The molecule has 1 aromatic heterocycles. The summed E-state index contributed by atoms with van der Waals surface area (Å²) in [5.74, 6) is 0. The van der Waals surface area contributed by atoms with Gasteiger partial charge in [-0.15, -0.1) is 0 Å². The smallest absolute Gasteiger partial charge is 0.262 e. The molecular weight excluding hydrogens is 426 g/mol. The van der Waals surface area contributed by atoms with Gasteiger partial charge in [0.1, 0.15) is 0 Å². The second kappa shape index (κ2) is 7.48. The Morgan fingerprint density at radius 1 is 1.07 bits per heavy atom. The quantitative estimate of drug-likeness (QED) is 0.614. The number of hydrogen-bond donors (Lipinski definition) is 1. The summed E-state index contributed by atoms with van der Waals surface area (Å²) in [5.41, 5.74) is 5.23. The molecule has 0 radical (unpaired) electrons. The molecule has 1 heterocycles. The third kappa shape index (κ3) is 4.25. The van der Waals surface area contributed by atoms with E-state index < -0.39 is 10.0 Å². The van der Waals surface area contributed by atoms with Crippen molar-refractivity contribution in [3.8, 4) is 0 Å². The molecular formula is C20H22BrN3O2S. The lowest BCUT2D eigenvalue weighted by molar-refractivity contribution is 0.600. The Labute approximate surface area is 168 Å². The molecule has 5 nitrogen and oxygen atoms in total. The van der Waals surface area contributed by atoms with Crippen molar-refractivity contribution in [1.82, 2.24) is 9.78 Å². The van der Waals surface area contributed by atoms with Crippen molar-refractivity contribution in [2.75, 3.05) is 4.72 Å². The fraction of sp³-hybridized carbons (Fsp3) is 0.250. The van der Waals surface area contributed by atoms with Crippen LogP contribution in [-0.4, -0.2) is 18.2 Å². The molecule has 0 bridgehead atoms. The molecule has 3 rings (SSSR count). The van der Waals surface area contributed by atoms with Crippen LogP contribution in [0.15, 0.2) is 51.8 Å². The van der Waals surface area contributed by atoms with Crippen LogP contribution in [0.2, 0.25) is 0 Å². The molecule has 0 aliphatic heterocycles. The maximum absolute atomic E-state index is 12.8. The maximum atomic E-state index is 12.8. The van der Waals surface area contributed by atoms with E-state index in [-0.39, 0.29) is 0 Å². The van der Waals surface area contributed by atoms with Gasteiger partial charge in [0.25, 0.3) is 10.0 Å². The number of hydrogen-bond acceptors (Lipinski definition) is 3. The molecule has 7 heteroatoms. The van der Waals surface area contributed by atoms with Crippen molar-refractivity contribution < 1.29 is 8.42 Å². The fourth-order valence-corrected chi connectivity index (χ4v) is 4.61. The number of benzene rings is 2. The molecule has 1 N–H and O–H groups in total. The molecule has 0 amide bonds. The number of halogens is 1. The average molecular weight is 448 g/mol. The van der Waals surface area contributed by atoms with Crippen LogP contribution in [0, 0.1) is 27.7 Å². The van der Waals surface area contributed by atoms with Crippen LogP contribution < -0.4 is 4.72 Å². The highest BCUT2D eigenvalue weighted by Gasteiger charge is 2.17. The zero-order valence-electron chi connectivity index (χ0n) is 15.7. The molecule has 0 saturated carbocycles. The minimum Gasteiger partial charge on any atom is -0.280 e. The predicted octanol–water partition coefficient (Wildman–Crippen LogP) is 4.73. The summed E-state index contributed by atoms with van der Waals surface area (Å²) in [6.07, 6.45) is 0. The van der Waals surface area contributed by atoms with E-state index in [1.807, 2.05) is 49.7 Å². The van der Waals surface area contributed by atoms with Crippen LogP contribution >= 0.6 is 15.9 Å². The summed E-state index contributed by atoms with van der Waals surface area (Å²) in [7, 11) is -3.64. The minimum absolute atomic E-state index is 0.293. The van der Waals surface area contributed by atoms with Crippen LogP contribution in [0.25, 0.3) is 0 Å². The molecule has 3 aromatic rings. The normalized spacial score (nSPS) is 11.6. The van der Waals surface area contributed by atoms with Crippen molar-refractivity contribution in [3.63, 3.8) is 0 Å². The van der Waals surface area contributed by atoms with Gasteiger partial charge in [-0.05, 0) is 73.0 Å². The Bertz CT molecular complexity index is 1100. The fourth-order valence-electron chi connectivity index (χ4n) is 3.05. The van der Waals surface area contributed by atoms with Crippen LogP contribution in [-0.2, 0) is 16.6 Å². The summed E-state index contributed by atoms with van der Waals surface area (Å²) in [6.45, 7) is 8.26. The van der Waals surface area contributed by atoms with Crippen molar-refractivity contribution in [1.29, 1.82) is 0 Å². The van der Waals surface area contributed by atoms with E-state index in [0.717, 1.165) is 32.6 Å². The Kier molecular flexibility index (Phi) is 5.44. The maximum Gasteiger partial charge on any atom is 0.262 e. The first kappa shape index (κ1) is 19.6. The van der Waals surface area contributed by atoms with Gasteiger partial charge in [-0.3, -0.25) is 9.40 Å². The van der Waals surface area contributed by atoms with E-state index >= 15 is 0 Å². The molecule has 0 fully saturated rings. The van der Waals surface area contributed by atoms with E-state index in [0.29, 0.717) is 17.1 Å². The van der Waals surface area contributed by atoms with E-state index in [9.17, 15) is 8.42 Å². The molecule has 0 aliphatic rings. The Balaban J connectivity index is 1.86. The highest BCUT2D eigenvalue weighted by atomic mass is 79.9. The standard InChI is InChI=1S/C20H22BrN3O2S/c1-13-8-9-19(14(2)10-13)27(25,26)23-18-7-5-6-17(11-18)12-24-16(4)20(21)15(3)22-24/h5-11,23H,12H2,1-4H3. The van der Waals surface area contributed by atoms with Gasteiger partial charge in [0.05, 0.1) is 27.3 Å². The zero-order chi connectivity index (χ0) is 19.8. The first-order chi connectivity index (χ1) is 12.7. The van der Waals surface area contributed by atoms with Crippen molar-refractivity contribution in [3.05, 3.63) is 75.0 Å². The lowest BCUT2D eigenvalue weighted by Crippen LogP contribution is -2.14. The number of anilines is 1. The summed E-state index contributed by atoms with van der Waals surface area (Å²) in [4.78, 5) is 0.293. The number of nitrogens with one attached hydrogen (secondary N) is 1. The summed E-state index contributed by atoms with van der Waals surface area (Å²) < 4.78 is 31.1. The third-order valence-electron chi connectivity index (χ3n) is 4.42. The van der Waals surface area contributed by atoms with Crippen molar-refractivity contribution in [2.45, 2.75) is 39.1 Å². The lowest BCUT2D eigenvalue weighted by Gasteiger charge is -2.12. The van der Waals surface area contributed by atoms with Gasteiger partial charge in [-0.25, -0.2) is 8.42 Å². The Morgan fingerprint density at radius 2 is 1.81 bits per heavy atom. The van der Waals surface area contributed by atoms with Crippen LogP contribution in [0.5, 0.6) is 0 Å². The topological polar surface area (TPSA) is 64.0 Å². The third-order valence-corrected chi connectivity index (χ3v) is 7.11. The number of aromatic nitrogens is 2. The van der Waals surface area contributed by atoms with Crippen molar-refractivity contribution in [2.24, 2.45) is 0 Å². The Hall–Kier alpha value is -2.12. The molecule has 0 atom stereocenters. The van der Waals surface area contributed by atoms with Gasteiger partial charge >= 0.3 is 0 Å². The zero-order valence-corrected chi connectivity index (χ0v) is 18.1. The molecule has 2 aromatic carbocycles. The monoisotopic (exact) mass is 447 g/mol. The molecule has 27 heavy (non-hydrogen) atoms. The first-order valence-electron chi connectivity index (χ1n) is 8.56. The highest BCUT2D eigenvalue weighted by molar-refractivity contribution is 9.10. The molecule has 0 saturated heterocycles. The number of rotatable bonds is 5.